The van der Waals surface area contributed by atoms with Gasteiger partial charge >= 0.3 is 0 Å². The lowest BCUT2D eigenvalue weighted by atomic mass is 9.87. The molecule has 1 saturated heterocycles. The number of amides is 1. The Balaban J connectivity index is 1.92. The second kappa shape index (κ2) is 7.81. The highest BCUT2D eigenvalue weighted by Crippen LogP contribution is 2.27. The number of hydrogen-bond acceptors (Lipinski definition) is 2. The molecule has 0 aromatic carbocycles. The topological polar surface area (TPSA) is 32.3 Å². The van der Waals surface area contributed by atoms with Crippen LogP contribution in [0.1, 0.15) is 72.6 Å². The van der Waals surface area contributed by atoms with E-state index < -0.39 is 0 Å². The normalized spacial score (nSPS) is 27.4. The number of nitrogens with zero attached hydrogens (tertiary/aromatic N) is 1. The monoisotopic (exact) mass is 308 g/mol. The zero-order valence-corrected chi connectivity index (χ0v) is 15.2. The molecule has 0 aromatic heterocycles. The van der Waals surface area contributed by atoms with Gasteiger partial charge in [-0.05, 0) is 44.1 Å². The molecular weight excluding hydrogens is 272 g/mol. The lowest BCUT2D eigenvalue weighted by Gasteiger charge is -2.41. The lowest BCUT2D eigenvalue weighted by molar-refractivity contribution is -0.142. The van der Waals surface area contributed by atoms with Crippen molar-refractivity contribution in [3.05, 3.63) is 0 Å². The Labute approximate surface area is 137 Å². The van der Waals surface area contributed by atoms with Crippen LogP contribution in [-0.4, -0.2) is 36.5 Å². The molecule has 3 heteroatoms. The van der Waals surface area contributed by atoms with E-state index in [0.717, 1.165) is 25.6 Å². The van der Waals surface area contributed by atoms with E-state index in [0.29, 0.717) is 17.9 Å². The third kappa shape index (κ3) is 4.97. The maximum atomic E-state index is 12.7. The molecule has 2 rings (SSSR count). The number of nitrogens with one attached hydrogen (secondary N) is 1. The van der Waals surface area contributed by atoms with Gasteiger partial charge in [-0.3, -0.25) is 4.79 Å². The largest absolute Gasteiger partial charge is 0.340 e. The van der Waals surface area contributed by atoms with Gasteiger partial charge in [0.05, 0.1) is 0 Å². The zero-order valence-electron chi connectivity index (χ0n) is 15.2. The Morgan fingerprint density at radius 2 is 1.82 bits per heavy atom. The van der Waals surface area contributed by atoms with E-state index in [9.17, 15) is 4.79 Å². The van der Waals surface area contributed by atoms with Crippen LogP contribution in [0, 0.1) is 17.3 Å². The van der Waals surface area contributed by atoms with E-state index in [-0.39, 0.29) is 5.41 Å². The average Bonchev–Trinajstić information content (AvgIpc) is 2.97. The zero-order chi connectivity index (χ0) is 16.2. The van der Waals surface area contributed by atoms with E-state index >= 15 is 0 Å². The molecule has 1 heterocycles. The van der Waals surface area contributed by atoms with E-state index in [1.165, 1.54) is 44.9 Å². The first-order chi connectivity index (χ1) is 10.4. The SMILES string of the molecule is CCCC1CC(NCC2CCCC2)CN(C(=O)C(C)(C)C)C1. The van der Waals surface area contributed by atoms with Gasteiger partial charge in [-0.1, -0.05) is 47.0 Å². The van der Waals surface area contributed by atoms with Crippen LogP contribution in [0.25, 0.3) is 0 Å². The van der Waals surface area contributed by atoms with Crippen molar-refractivity contribution < 1.29 is 4.79 Å². The van der Waals surface area contributed by atoms with E-state index in [2.05, 4.69) is 17.1 Å². The first-order valence-corrected chi connectivity index (χ1v) is 9.43. The molecule has 0 bridgehead atoms. The van der Waals surface area contributed by atoms with Crippen molar-refractivity contribution in [1.82, 2.24) is 10.2 Å². The summed E-state index contributed by atoms with van der Waals surface area (Å²) in [5.41, 5.74) is -0.260. The standard InChI is InChI=1S/C19H36N2O/c1-5-8-16-11-17(20-12-15-9-6-7-10-15)14-21(13-16)18(22)19(2,3)4/h15-17,20H,5-14H2,1-4H3. The summed E-state index contributed by atoms with van der Waals surface area (Å²) in [7, 11) is 0. The van der Waals surface area contributed by atoms with Crippen LogP contribution >= 0.6 is 0 Å². The number of piperidine rings is 1. The van der Waals surface area contributed by atoms with Gasteiger partial charge in [-0.15, -0.1) is 0 Å². The van der Waals surface area contributed by atoms with Crippen LogP contribution in [0.3, 0.4) is 0 Å². The van der Waals surface area contributed by atoms with Gasteiger partial charge in [0.15, 0.2) is 0 Å². The molecule has 0 aromatic rings. The average molecular weight is 309 g/mol. The van der Waals surface area contributed by atoms with Crippen molar-refractivity contribution in [1.29, 1.82) is 0 Å². The Kier molecular flexibility index (Phi) is 6.31. The van der Waals surface area contributed by atoms with E-state index in [1.54, 1.807) is 0 Å². The molecule has 0 radical (unpaired) electrons. The summed E-state index contributed by atoms with van der Waals surface area (Å²) in [6, 6.07) is 0.497. The van der Waals surface area contributed by atoms with Crippen molar-refractivity contribution in [2.24, 2.45) is 17.3 Å². The molecule has 22 heavy (non-hydrogen) atoms. The van der Waals surface area contributed by atoms with Gasteiger partial charge in [0.1, 0.15) is 0 Å². The second-order valence-corrected chi connectivity index (χ2v) is 8.61. The van der Waals surface area contributed by atoms with E-state index in [4.69, 9.17) is 0 Å². The number of carbonyl (C=O) groups is 1. The summed E-state index contributed by atoms with van der Waals surface area (Å²) in [4.78, 5) is 14.8. The van der Waals surface area contributed by atoms with Crippen molar-refractivity contribution in [2.75, 3.05) is 19.6 Å². The number of hydrogen-bond donors (Lipinski definition) is 1. The van der Waals surface area contributed by atoms with Crippen LogP contribution in [0.4, 0.5) is 0 Å². The third-order valence-electron chi connectivity index (χ3n) is 5.33. The number of rotatable bonds is 5. The highest BCUT2D eigenvalue weighted by atomic mass is 16.2. The Hall–Kier alpha value is -0.570. The molecular formula is C19H36N2O. The predicted molar refractivity (Wildman–Crippen MR) is 92.8 cm³/mol. The molecule has 128 valence electrons. The van der Waals surface area contributed by atoms with Gasteiger partial charge in [0, 0.05) is 24.5 Å². The van der Waals surface area contributed by atoms with Gasteiger partial charge in [-0.2, -0.15) is 0 Å². The summed E-state index contributed by atoms with van der Waals surface area (Å²) in [6.07, 6.45) is 9.31. The predicted octanol–water partition coefficient (Wildman–Crippen LogP) is 3.83. The van der Waals surface area contributed by atoms with Crippen LogP contribution < -0.4 is 5.32 Å². The molecule has 3 nitrogen and oxygen atoms in total. The quantitative estimate of drug-likeness (QED) is 0.837. The molecule has 1 saturated carbocycles. The lowest BCUT2D eigenvalue weighted by Crippen LogP contribution is -2.54. The van der Waals surface area contributed by atoms with Gasteiger partial charge in [0.25, 0.3) is 0 Å². The fourth-order valence-electron chi connectivity index (χ4n) is 4.16. The van der Waals surface area contributed by atoms with E-state index in [1.807, 2.05) is 20.8 Å². The minimum absolute atomic E-state index is 0.260. The van der Waals surface area contributed by atoms with Gasteiger partial charge in [-0.25, -0.2) is 0 Å². The van der Waals surface area contributed by atoms with Crippen molar-refractivity contribution in [2.45, 2.75) is 78.7 Å². The first kappa shape index (κ1) is 17.8. The maximum absolute atomic E-state index is 12.7. The molecule has 1 aliphatic heterocycles. The van der Waals surface area contributed by atoms with Crippen LogP contribution in [0.15, 0.2) is 0 Å². The van der Waals surface area contributed by atoms with Crippen molar-refractivity contribution in [3.63, 3.8) is 0 Å². The number of likely N-dealkylation sites (tertiary alicyclic amines) is 1. The molecule has 2 fully saturated rings. The summed E-state index contributed by atoms with van der Waals surface area (Å²) in [6.45, 7) is 11.4. The molecule has 1 amide bonds. The Bertz CT molecular complexity index is 355. The van der Waals surface area contributed by atoms with Gasteiger partial charge < -0.3 is 10.2 Å². The minimum atomic E-state index is -0.260. The smallest absolute Gasteiger partial charge is 0.228 e. The summed E-state index contributed by atoms with van der Waals surface area (Å²) >= 11 is 0. The fourth-order valence-corrected chi connectivity index (χ4v) is 4.16. The summed E-state index contributed by atoms with van der Waals surface area (Å²) < 4.78 is 0. The van der Waals surface area contributed by atoms with Crippen LogP contribution in [0.5, 0.6) is 0 Å². The molecule has 2 unspecified atom stereocenters. The molecule has 1 aliphatic carbocycles. The molecule has 1 N–H and O–H groups in total. The Morgan fingerprint density at radius 3 is 2.41 bits per heavy atom. The van der Waals surface area contributed by atoms with Crippen molar-refractivity contribution >= 4 is 5.91 Å². The minimum Gasteiger partial charge on any atom is -0.340 e. The summed E-state index contributed by atoms with van der Waals surface area (Å²) in [5.74, 6) is 1.87. The van der Waals surface area contributed by atoms with Crippen LogP contribution in [-0.2, 0) is 4.79 Å². The highest BCUT2D eigenvalue weighted by Gasteiger charge is 2.34. The van der Waals surface area contributed by atoms with Gasteiger partial charge in [0.2, 0.25) is 5.91 Å². The second-order valence-electron chi connectivity index (χ2n) is 8.61. The maximum Gasteiger partial charge on any atom is 0.228 e. The molecule has 2 aliphatic rings. The summed E-state index contributed by atoms with van der Waals surface area (Å²) in [5, 5.41) is 3.79. The number of carbonyl (C=O) groups excluding carboxylic acids is 1. The third-order valence-corrected chi connectivity index (χ3v) is 5.33. The highest BCUT2D eigenvalue weighted by molar-refractivity contribution is 5.81. The van der Waals surface area contributed by atoms with Crippen molar-refractivity contribution in [3.8, 4) is 0 Å². The fraction of sp³-hybridized carbons (Fsp3) is 0.947. The first-order valence-electron chi connectivity index (χ1n) is 9.43. The molecule has 2 atom stereocenters. The van der Waals surface area contributed by atoms with Crippen LogP contribution in [0.2, 0.25) is 0 Å². The molecule has 0 spiro atoms. The Morgan fingerprint density at radius 1 is 1.14 bits per heavy atom.